The van der Waals surface area contributed by atoms with Crippen LogP contribution >= 0.6 is 8.38 Å². The van der Waals surface area contributed by atoms with Crippen LogP contribution in [0.2, 0.25) is 0 Å². The average Bonchev–Trinajstić information content (AvgIpc) is 2.26. The van der Waals surface area contributed by atoms with Crippen LogP contribution < -0.4 is 5.56 Å². The van der Waals surface area contributed by atoms with Crippen molar-refractivity contribution in [3.8, 4) is 0 Å². The van der Waals surface area contributed by atoms with E-state index in [-0.39, 0.29) is 18.1 Å². The van der Waals surface area contributed by atoms with E-state index in [9.17, 15) is 4.79 Å². The molecule has 6 heteroatoms. The van der Waals surface area contributed by atoms with Gasteiger partial charge in [-0.3, -0.25) is 4.79 Å². The fourth-order valence-corrected chi connectivity index (χ4v) is 1.85. The lowest BCUT2D eigenvalue weighted by molar-refractivity contribution is 0.482. The number of hydrogen-bond donors (Lipinski definition) is 3. The molecular weight excluding hydrogens is 227 g/mol. The molecule has 0 spiro atoms. The summed E-state index contributed by atoms with van der Waals surface area (Å²) >= 11 is 0. The lowest BCUT2D eigenvalue weighted by Gasteiger charge is -2.03. The maximum atomic E-state index is 11.6. The Labute approximate surface area is 92.7 Å². The zero-order valence-electron chi connectivity index (χ0n) is 8.42. The number of fused-ring (bicyclic) bond motifs is 1. The van der Waals surface area contributed by atoms with E-state index in [2.05, 4.69) is 9.97 Å². The molecule has 0 unspecified atom stereocenters. The summed E-state index contributed by atoms with van der Waals surface area (Å²) in [6, 6.07) is 7.23. The lowest BCUT2D eigenvalue weighted by atomic mass is 10.2. The minimum Gasteiger partial charge on any atom is -0.350 e. The summed E-state index contributed by atoms with van der Waals surface area (Å²) in [5, 5.41) is 0. The first-order valence-electron chi connectivity index (χ1n) is 4.80. The summed E-state index contributed by atoms with van der Waals surface area (Å²) in [6.07, 6.45) is 0.447. The van der Waals surface area contributed by atoms with Gasteiger partial charge in [-0.25, -0.2) is 4.98 Å². The maximum absolute atomic E-state index is 11.6. The number of hydrogen-bond acceptors (Lipinski definition) is 4. The van der Waals surface area contributed by atoms with E-state index in [0.29, 0.717) is 16.7 Å². The first kappa shape index (κ1) is 11.2. The van der Waals surface area contributed by atoms with Crippen molar-refractivity contribution in [3.05, 3.63) is 40.3 Å². The maximum Gasteiger partial charge on any atom is 0.270 e. The summed E-state index contributed by atoms with van der Waals surface area (Å²) in [6.45, 7) is 0. The number of aromatic amines is 1. The van der Waals surface area contributed by atoms with Gasteiger partial charge in [0.05, 0.1) is 11.0 Å². The van der Waals surface area contributed by atoms with Crippen molar-refractivity contribution >= 4 is 19.4 Å². The number of aryl methyl sites for hydroxylation is 1. The van der Waals surface area contributed by atoms with Crippen LogP contribution in [0.4, 0.5) is 0 Å². The second kappa shape index (κ2) is 4.70. The molecule has 0 saturated carbocycles. The van der Waals surface area contributed by atoms with Gasteiger partial charge in [-0.05, 0) is 12.1 Å². The zero-order valence-corrected chi connectivity index (χ0v) is 9.32. The molecule has 0 atom stereocenters. The highest BCUT2D eigenvalue weighted by molar-refractivity contribution is 7.45. The molecule has 1 aromatic carbocycles. The van der Waals surface area contributed by atoms with Crippen molar-refractivity contribution in [1.82, 2.24) is 9.97 Å². The molecule has 5 nitrogen and oxygen atoms in total. The molecule has 0 aliphatic heterocycles. The summed E-state index contributed by atoms with van der Waals surface area (Å²) in [4.78, 5) is 36.1. The van der Waals surface area contributed by atoms with Crippen LogP contribution in [0.3, 0.4) is 0 Å². The summed E-state index contributed by atoms with van der Waals surface area (Å²) in [5.41, 5.74) is 1.47. The van der Waals surface area contributed by atoms with Crippen LogP contribution in [-0.4, -0.2) is 25.9 Å². The summed E-state index contributed by atoms with van der Waals surface area (Å²) < 4.78 is 0. The molecule has 1 heterocycles. The predicted octanol–water partition coefficient (Wildman–Crippen LogP) is 0.762. The molecule has 0 saturated heterocycles. The standard InChI is InChI=1S/C10H11N2O3P/c13-10-9(5-6-16(14)15)11-7-3-1-2-4-8(7)12-10/h1-4,14-15H,5-6H2,(H,12,13). The number of benzene rings is 1. The minimum atomic E-state index is -1.97. The van der Waals surface area contributed by atoms with Crippen LogP contribution in [0.25, 0.3) is 11.0 Å². The van der Waals surface area contributed by atoms with Crippen LogP contribution in [0.1, 0.15) is 5.69 Å². The molecule has 84 valence electrons. The average molecular weight is 238 g/mol. The molecule has 2 aromatic rings. The van der Waals surface area contributed by atoms with Gasteiger partial charge < -0.3 is 14.8 Å². The molecule has 2 rings (SSSR count). The lowest BCUT2D eigenvalue weighted by Crippen LogP contribution is -2.16. The molecule has 16 heavy (non-hydrogen) atoms. The van der Waals surface area contributed by atoms with Crippen molar-refractivity contribution < 1.29 is 9.79 Å². The highest BCUT2D eigenvalue weighted by atomic mass is 31.2. The van der Waals surface area contributed by atoms with Crippen molar-refractivity contribution in [2.24, 2.45) is 0 Å². The van der Waals surface area contributed by atoms with Crippen LogP contribution in [0, 0.1) is 0 Å². The van der Waals surface area contributed by atoms with E-state index >= 15 is 0 Å². The number of rotatable bonds is 3. The van der Waals surface area contributed by atoms with E-state index in [1.165, 1.54) is 0 Å². The van der Waals surface area contributed by atoms with Gasteiger partial charge in [0.2, 0.25) is 0 Å². The largest absolute Gasteiger partial charge is 0.350 e. The van der Waals surface area contributed by atoms with Crippen molar-refractivity contribution in [3.63, 3.8) is 0 Å². The Kier molecular flexibility index (Phi) is 3.29. The summed E-state index contributed by atoms with van der Waals surface area (Å²) in [7, 11) is -1.97. The van der Waals surface area contributed by atoms with Gasteiger partial charge in [0, 0.05) is 12.6 Å². The Morgan fingerprint density at radius 2 is 2.06 bits per heavy atom. The van der Waals surface area contributed by atoms with Gasteiger partial charge in [-0.1, -0.05) is 12.1 Å². The Balaban J connectivity index is 2.38. The monoisotopic (exact) mass is 238 g/mol. The molecule has 0 aliphatic rings. The first-order valence-corrected chi connectivity index (χ1v) is 6.23. The fraction of sp³-hybridized carbons (Fsp3) is 0.200. The Morgan fingerprint density at radius 3 is 2.81 bits per heavy atom. The van der Waals surface area contributed by atoms with Gasteiger partial charge in [-0.2, -0.15) is 0 Å². The van der Waals surface area contributed by atoms with E-state index in [1.807, 2.05) is 12.1 Å². The van der Waals surface area contributed by atoms with Crippen molar-refractivity contribution in [2.75, 3.05) is 6.16 Å². The molecule has 0 fully saturated rings. The number of aromatic nitrogens is 2. The number of nitrogens with zero attached hydrogens (tertiary/aromatic N) is 1. The van der Waals surface area contributed by atoms with E-state index in [4.69, 9.17) is 9.79 Å². The third-order valence-corrected chi connectivity index (χ3v) is 2.84. The van der Waals surface area contributed by atoms with E-state index in [0.717, 1.165) is 0 Å². The second-order valence-electron chi connectivity index (χ2n) is 3.38. The minimum absolute atomic E-state index is 0.170. The summed E-state index contributed by atoms with van der Waals surface area (Å²) in [5.74, 6) is 0. The van der Waals surface area contributed by atoms with Crippen LogP contribution in [0.5, 0.6) is 0 Å². The molecule has 0 amide bonds. The van der Waals surface area contributed by atoms with Gasteiger partial charge in [0.15, 0.2) is 8.38 Å². The SMILES string of the molecule is O=c1[nH]c2ccccc2nc1CCP(O)O. The highest BCUT2D eigenvalue weighted by Gasteiger charge is 2.07. The molecule has 0 aliphatic carbocycles. The Hall–Kier alpha value is -1.29. The molecule has 0 bridgehead atoms. The number of nitrogens with one attached hydrogen (secondary N) is 1. The third kappa shape index (κ3) is 2.44. The number of H-pyrrole nitrogens is 1. The van der Waals surface area contributed by atoms with Crippen LogP contribution in [-0.2, 0) is 6.42 Å². The predicted molar refractivity (Wildman–Crippen MR) is 62.3 cm³/mol. The fourth-order valence-electron chi connectivity index (χ4n) is 1.44. The number of para-hydroxylation sites is 2. The van der Waals surface area contributed by atoms with Gasteiger partial charge in [0.25, 0.3) is 5.56 Å². The zero-order chi connectivity index (χ0) is 11.5. The Bertz CT molecular complexity index is 553. The topological polar surface area (TPSA) is 86.2 Å². The molecule has 1 aromatic heterocycles. The van der Waals surface area contributed by atoms with Gasteiger partial charge in [0.1, 0.15) is 5.69 Å². The highest BCUT2D eigenvalue weighted by Crippen LogP contribution is 2.22. The normalized spacial score (nSPS) is 11.2. The van der Waals surface area contributed by atoms with E-state index < -0.39 is 8.38 Å². The second-order valence-corrected chi connectivity index (χ2v) is 4.57. The third-order valence-electron chi connectivity index (χ3n) is 2.22. The molecule has 3 N–H and O–H groups in total. The van der Waals surface area contributed by atoms with Crippen molar-refractivity contribution in [1.29, 1.82) is 0 Å². The molecule has 0 radical (unpaired) electrons. The van der Waals surface area contributed by atoms with Crippen molar-refractivity contribution in [2.45, 2.75) is 6.42 Å². The quantitative estimate of drug-likeness (QED) is 0.689. The van der Waals surface area contributed by atoms with Gasteiger partial charge in [-0.15, -0.1) is 0 Å². The first-order chi connectivity index (χ1) is 7.66. The molecular formula is C10H11N2O3P. The Morgan fingerprint density at radius 1 is 1.31 bits per heavy atom. The van der Waals surface area contributed by atoms with E-state index in [1.54, 1.807) is 12.1 Å². The smallest absolute Gasteiger partial charge is 0.270 e. The van der Waals surface area contributed by atoms with Gasteiger partial charge >= 0.3 is 0 Å². The van der Waals surface area contributed by atoms with Crippen LogP contribution in [0.15, 0.2) is 29.1 Å².